The number of rotatable bonds is 2. The quantitative estimate of drug-likeness (QED) is 0.904. The Hall–Kier alpha value is -1.33. The van der Waals surface area contributed by atoms with Crippen molar-refractivity contribution in [3.8, 4) is 11.4 Å². The third-order valence-electron chi connectivity index (χ3n) is 3.14. The van der Waals surface area contributed by atoms with Crippen molar-refractivity contribution in [3.05, 3.63) is 34.0 Å². The zero-order valence-electron chi connectivity index (χ0n) is 10.1. The molecule has 1 aliphatic rings. The molecule has 0 bridgehead atoms. The van der Waals surface area contributed by atoms with Crippen molar-refractivity contribution in [2.45, 2.75) is 25.8 Å². The molecular formula is C13H14FN3S. The van der Waals surface area contributed by atoms with E-state index in [1.54, 1.807) is 17.4 Å². The predicted octanol–water partition coefficient (Wildman–Crippen LogP) is 3.08. The fourth-order valence-corrected chi connectivity index (χ4v) is 3.26. The lowest BCUT2D eigenvalue weighted by atomic mass is 10.2. The van der Waals surface area contributed by atoms with E-state index >= 15 is 0 Å². The van der Waals surface area contributed by atoms with Crippen molar-refractivity contribution in [3.63, 3.8) is 0 Å². The highest BCUT2D eigenvalue weighted by Gasteiger charge is 2.21. The number of hydrogen-bond donors (Lipinski definition) is 1. The number of halogens is 1. The molecule has 1 fully saturated rings. The molecule has 0 saturated carbocycles. The highest BCUT2D eigenvalue weighted by Crippen LogP contribution is 2.32. The molecule has 0 aliphatic carbocycles. The minimum Gasteiger partial charge on any atom is -0.308 e. The second-order valence-corrected chi connectivity index (χ2v) is 5.70. The van der Waals surface area contributed by atoms with Crippen molar-refractivity contribution in [1.29, 1.82) is 0 Å². The topological polar surface area (TPSA) is 37.8 Å². The van der Waals surface area contributed by atoms with E-state index in [-0.39, 0.29) is 5.82 Å². The molecule has 2 aromatic heterocycles. The van der Waals surface area contributed by atoms with E-state index < -0.39 is 0 Å². The van der Waals surface area contributed by atoms with Crippen molar-refractivity contribution in [1.82, 2.24) is 15.3 Å². The molecule has 1 N–H and O–H groups in total. The zero-order chi connectivity index (χ0) is 12.5. The Balaban J connectivity index is 1.94. The van der Waals surface area contributed by atoms with Gasteiger partial charge in [-0.1, -0.05) is 0 Å². The van der Waals surface area contributed by atoms with Gasteiger partial charge in [0.2, 0.25) is 0 Å². The molecule has 94 valence electrons. The molecule has 1 atom stereocenters. The first kappa shape index (κ1) is 11.7. The van der Waals surface area contributed by atoms with E-state index in [1.807, 2.05) is 6.92 Å². The van der Waals surface area contributed by atoms with Gasteiger partial charge in [-0.05, 0) is 38.4 Å². The van der Waals surface area contributed by atoms with Gasteiger partial charge in [-0.3, -0.25) is 4.98 Å². The average Bonchev–Trinajstić information content (AvgIpc) is 2.99. The summed E-state index contributed by atoms with van der Waals surface area (Å²) in [7, 11) is 0. The molecule has 1 saturated heterocycles. The van der Waals surface area contributed by atoms with Crippen LogP contribution in [0.15, 0.2) is 18.3 Å². The lowest BCUT2D eigenvalue weighted by molar-refractivity contribution is 0.621. The largest absolute Gasteiger partial charge is 0.308 e. The Morgan fingerprint density at radius 3 is 3.00 bits per heavy atom. The van der Waals surface area contributed by atoms with Gasteiger partial charge in [-0.25, -0.2) is 9.37 Å². The van der Waals surface area contributed by atoms with Gasteiger partial charge in [0.05, 0.1) is 17.9 Å². The summed E-state index contributed by atoms with van der Waals surface area (Å²) in [6.07, 6.45) is 3.58. The maximum Gasteiger partial charge on any atom is 0.141 e. The van der Waals surface area contributed by atoms with E-state index in [4.69, 9.17) is 0 Å². The standard InChI is InChI=1S/C13H14FN3S/c1-8-12(10-5-4-9(14)7-16-10)17-13(18-8)11-3-2-6-15-11/h4-5,7,11,15H,2-3,6H2,1H3. The molecule has 3 rings (SSSR count). The Morgan fingerprint density at radius 2 is 2.33 bits per heavy atom. The summed E-state index contributed by atoms with van der Waals surface area (Å²) in [5, 5.41) is 4.56. The highest BCUT2D eigenvalue weighted by molar-refractivity contribution is 7.12. The summed E-state index contributed by atoms with van der Waals surface area (Å²) in [4.78, 5) is 9.90. The number of pyridine rings is 1. The summed E-state index contributed by atoms with van der Waals surface area (Å²) in [6.45, 7) is 3.10. The van der Waals surface area contributed by atoms with Gasteiger partial charge in [0.1, 0.15) is 16.5 Å². The van der Waals surface area contributed by atoms with E-state index in [0.29, 0.717) is 6.04 Å². The van der Waals surface area contributed by atoms with Crippen LogP contribution in [0.1, 0.15) is 28.8 Å². The second-order valence-electron chi connectivity index (χ2n) is 4.47. The third-order valence-corrected chi connectivity index (χ3v) is 4.23. The van der Waals surface area contributed by atoms with Crippen LogP contribution < -0.4 is 5.32 Å². The lowest BCUT2D eigenvalue weighted by Crippen LogP contribution is -2.12. The molecular weight excluding hydrogens is 249 g/mol. The lowest BCUT2D eigenvalue weighted by Gasteiger charge is -2.04. The minimum absolute atomic E-state index is 0.315. The van der Waals surface area contributed by atoms with Crippen LogP contribution in [0, 0.1) is 12.7 Å². The van der Waals surface area contributed by atoms with E-state index in [9.17, 15) is 4.39 Å². The summed E-state index contributed by atoms with van der Waals surface area (Å²) < 4.78 is 12.9. The first-order valence-corrected chi connectivity index (χ1v) is 6.88. The predicted molar refractivity (Wildman–Crippen MR) is 70.0 cm³/mol. The fourth-order valence-electron chi connectivity index (χ4n) is 2.21. The van der Waals surface area contributed by atoms with Crippen LogP contribution >= 0.6 is 11.3 Å². The van der Waals surface area contributed by atoms with Gasteiger partial charge in [0.25, 0.3) is 0 Å². The Labute approximate surface area is 109 Å². The summed E-state index contributed by atoms with van der Waals surface area (Å²) in [6, 6.07) is 3.49. The van der Waals surface area contributed by atoms with Crippen LogP contribution in [0.4, 0.5) is 4.39 Å². The highest BCUT2D eigenvalue weighted by atomic mass is 32.1. The molecule has 3 nitrogen and oxygen atoms in total. The minimum atomic E-state index is -0.315. The zero-order valence-corrected chi connectivity index (χ0v) is 10.9. The number of nitrogens with one attached hydrogen (secondary N) is 1. The number of aromatic nitrogens is 2. The van der Waals surface area contributed by atoms with Gasteiger partial charge in [0, 0.05) is 4.88 Å². The normalized spacial score (nSPS) is 19.3. The van der Waals surface area contributed by atoms with Crippen molar-refractivity contribution >= 4 is 11.3 Å². The molecule has 0 amide bonds. The Kier molecular flexibility index (Phi) is 3.09. The second kappa shape index (κ2) is 4.74. The molecule has 0 radical (unpaired) electrons. The number of hydrogen-bond acceptors (Lipinski definition) is 4. The van der Waals surface area contributed by atoms with Crippen molar-refractivity contribution < 1.29 is 4.39 Å². The van der Waals surface area contributed by atoms with Crippen molar-refractivity contribution in [2.75, 3.05) is 6.54 Å². The number of nitrogens with zero attached hydrogens (tertiary/aromatic N) is 2. The number of thiazole rings is 1. The molecule has 1 unspecified atom stereocenters. The Bertz CT molecular complexity index is 544. The monoisotopic (exact) mass is 263 g/mol. The first-order valence-electron chi connectivity index (χ1n) is 6.06. The molecule has 0 spiro atoms. The maximum atomic E-state index is 12.9. The van der Waals surface area contributed by atoms with Gasteiger partial charge >= 0.3 is 0 Å². The van der Waals surface area contributed by atoms with Gasteiger partial charge in [-0.15, -0.1) is 11.3 Å². The van der Waals surface area contributed by atoms with E-state index in [2.05, 4.69) is 15.3 Å². The average molecular weight is 263 g/mol. The number of aryl methyl sites for hydroxylation is 1. The van der Waals surface area contributed by atoms with Crippen LogP contribution in [0.2, 0.25) is 0 Å². The fraction of sp³-hybridized carbons (Fsp3) is 0.385. The van der Waals surface area contributed by atoms with Crippen LogP contribution in [0.3, 0.4) is 0 Å². The third kappa shape index (κ3) is 2.15. The van der Waals surface area contributed by atoms with Crippen LogP contribution in [0.25, 0.3) is 11.4 Å². The van der Waals surface area contributed by atoms with Gasteiger partial charge < -0.3 is 5.32 Å². The molecule has 0 aromatic carbocycles. The SMILES string of the molecule is Cc1sc(C2CCCN2)nc1-c1ccc(F)cn1. The van der Waals surface area contributed by atoms with Crippen LogP contribution in [-0.2, 0) is 0 Å². The first-order chi connectivity index (χ1) is 8.74. The van der Waals surface area contributed by atoms with E-state index in [0.717, 1.165) is 34.2 Å². The molecule has 3 heterocycles. The Morgan fingerprint density at radius 1 is 1.44 bits per heavy atom. The summed E-state index contributed by atoms with van der Waals surface area (Å²) >= 11 is 1.70. The molecule has 5 heteroatoms. The van der Waals surface area contributed by atoms with Crippen LogP contribution in [-0.4, -0.2) is 16.5 Å². The van der Waals surface area contributed by atoms with Crippen molar-refractivity contribution in [2.24, 2.45) is 0 Å². The van der Waals surface area contributed by atoms with Crippen LogP contribution in [0.5, 0.6) is 0 Å². The molecule has 18 heavy (non-hydrogen) atoms. The molecule has 1 aliphatic heterocycles. The summed E-state index contributed by atoms with van der Waals surface area (Å²) in [5.74, 6) is -0.315. The molecule has 2 aromatic rings. The van der Waals surface area contributed by atoms with E-state index in [1.165, 1.54) is 18.7 Å². The smallest absolute Gasteiger partial charge is 0.141 e. The maximum absolute atomic E-state index is 12.9. The van der Waals surface area contributed by atoms with Gasteiger partial charge in [0.15, 0.2) is 0 Å². The summed E-state index contributed by atoms with van der Waals surface area (Å²) in [5.41, 5.74) is 1.62. The van der Waals surface area contributed by atoms with Gasteiger partial charge in [-0.2, -0.15) is 0 Å².